The molecule has 1 aromatic heterocycles. The standard InChI is InChI=1S/C17H13F2N3O3/c1-10-3-2-4-12(7-10)24-9-15(23)20-17-22-21-16(25-17)13-6-5-11(18)8-14(13)19/h2-8H,9H2,1H3,(H,20,22,23). The Morgan fingerprint density at radius 3 is 2.80 bits per heavy atom. The van der Waals surface area contributed by atoms with Gasteiger partial charge in [-0.2, -0.15) is 0 Å². The van der Waals surface area contributed by atoms with Crippen LogP contribution in [0.4, 0.5) is 14.8 Å². The van der Waals surface area contributed by atoms with Crippen molar-refractivity contribution in [3.8, 4) is 17.2 Å². The number of anilines is 1. The number of hydrogen-bond donors (Lipinski definition) is 1. The lowest BCUT2D eigenvalue weighted by molar-refractivity contribution is -0.118. The minimum absolute atomic E-state index is 0.0644. The second kappa shape index (κ2) is 7.08. The van der Waals surface area contributed by atoms with Crippen molar-refractivity contribution in [1.82, 2.24) is 10.2 Å². The summed E-state index contributed by atoms with van der Waals surface area (Å²) in [5, 5.41) is 9.57. The molecule has 0 aliphatic carbocycles. The summed E-state index contributed by atoms with van der Waals surface area (Å²) in [5.41, 5.74) is 0.936. The van der Waals surface area contributed by atoms with Crippen LogP contribution in [0.1, 0.15) is 5.56 Å². The van der Waals surface area contributed by atoms with Crippen molar-refractivity contribution in [3.63, 3.8) is 0 Å². The smallest absolute Gasteiger partial charge is 0.322 e. The monoisotopic (exact) mass is 345 g/mol. The van der Waals surface area contributed by atoms with E-state index in [9.17, 15) is 13.6 Å². The molecule has 3 rings (SSSR count). The number of carbonyl (C=O) groups is 1. The summed E-state index contributed by atoms with van der Waals surface area (Å²) in [4.78, 5) is 11.8. The van der Waals surface area contributed by atoms with Gasteiger partial charge >= 0.3 is 6.01 Å². The molecule has 0 atom stereocenters. The first-order chi connectivity index (χ1) is 12.0. The zero-order chi connectivity index (χ0) is 17.8. The molecule has 0 radical (unpaired) electrons. The number of aryl methyl sites for hydroxylation is 1. The van der Waals surface area contributed by atoms with Gasteiger partial charge in [0.25, 0.3) is 11.8 Å². The Kier molecular flexibility index (Phi) is 4.69. The van der Waals surface area contributed by atoms with E-state index in [-0.39, 0.29) is 24.1 Å². The first-order valence-electron chi connectivity index (χ1n) is 7.29. The Labute approximate surface area is 141 Å². The van der Waals surface area contributed by atoms with Gasteiger partial charge in [-0.25, -0.2) is 8.78 Å². The van der Waals surface area contributed by atoms with Gasteiger partial charge < -0.3 is 9.15 Å². The summed E-state index contributed by atoms with van der Waals surface area (Å²) in [7, 11) is 0. The van der Waals surface area contributed by atoms with E-state index in [2.05, 4.69) is 15.5 Å². The molecule has 2 aromatic carbocycles. The van der Waals surface area contributed by atoms with Crippen LogP contribution in [0.5, 0.6) is 5.75 Å². The van der Waals surface area contributed by atoms with E-state index in [1.807, 2.05) is 19.1 Å². The van der Waals surface area contributed by atoms with Crippen LogP contribution in [0, 0.1) is 18.6 Å². The average molecular weight is 345 g/mol. The summed E-state index contributed by atoms with van der Waals surface area (Å²) in [5.74, 6) is -1.70. The van der Waals surface area contributed by atoms with Gasteiger partial charge in [-0.15, -0.1) is 5.10 Å². The lowest BCUT2D eigenvalue weighted by atomic mass is 10.2. The minimum Gasteiger partial charge on any atom is -0.484 e. The number of hydrogen-bond acceptors (Lipinski definition) is 5. The van der Waals surface area contributed by atoms with Crippen LogP contribution in [-0.4, -0.2) is 22.7 Å². The maximum atomic E-state index is 13.7. The van der Waals surface area contributed by atoms with E-state index in [0.29, 0.717) is 11.8 Å². The number of aromatic nitrogens is 2. The molecule has 3 aromatic rings. The first-order valence-corrected chi connectivity index (χ1v) is 7.29. The third-order valence-corrected chi connectivity index (χ3v) is 3.19. The van der Waals surface area contributed by atoms with E-state index in [1.54, 1.807) is 12.1 Å². The van der Waals surface area contributed by atoms with E-state index in [0.717, 1.165) is 11.6 Å². The van der Waals surface area contributed by atoms with Crippen LogP contribution in [0.3, 0.4) is 0 Å². The quantitative estimate of drug-likeness (QED) is 0.767. The number of halogens is 2. The van der Waals surface area contributed by atoms with E-state index >= 15 is 0 Å². The molecule has 0 saturated heterocycles. The first kappa shape index (κ1) is 16.6. The van der Waals surface area contributed by atoms with Crippen molar-refractivity contribution in [2.75, 3.05) is 11.9 Å². The van der Waals surface area contributed by atoms with E-state index in [4.69, 9.17) is 9.15 Å². The molecule has 25 heavy (non-hydrogen) atoms. The highest BCUT2D eigenvalue weighted by atomic mass is 19.1. The Morgan fingerprint density at radius 1 is 1.20 bits per heavy atom. The number of benzene rings is 2. The Hall–Kier alpha value is -3.29. The maximum absolute atomic E-state index is 13.7. The fourth-order valence-electron chi connectivity index (χ4n) is 2.05. The lowest BCUT2D eigenvalue weighted by Gasteiger charge is -2.05. The van der Waals surface area contributed by atoms with Crippen LogP contribution in [0.2, 0.25) is 0 Å². The third-order valence-electron chi connectivity index (χ3n) is 3.19. The van der Waals surface area contributed by atoms with Crippen LogP contribution in [0.15, 0.2) is 46.9 Å². The molecule has 0 aliphatic heterocycles. The zero-order valence-corrected chi connectivity index (χ0v) is 13.1. The van der Waals surface area contributed by atoms with Crippen LogP contribution >= 0.6 is 0 Å². The van der Waals surface area contributed by atoms with Crippen molar-refractivity contribution < 1.29 is 22.7 Å². The molecule has 6 nitrogen and oxygen atoms in total. The maximum Gasteiger partial charge on any atom is 0.322 e. The molecule has 8 heteroatoms. The van der Waals surface area contributed by atoms with E-state index < -0.39 is 17.5 Å². The molecule has 0 aliphatic rings. The molecule has 0 saturated carbocycles. The average Bonchev–Trinajstić information content (AvgIpc) is 3.01. The fourth-order valence-corrected chi connectivity index (χ4v) is 2.05. The summed E-state index contributed by atoms with van der Waals surface area (Å²) >= 11 is 0. The van der Waals surface area contributed by atoms with Gasteiger partial charge in [0.05, 0.1) is 5.56 Å². The number of rotatable bonds is 5. The highest BCUT2D eigenvalue weighted by Gasteiger charge is 2.15. The molecule has 1 amide bonds. The molecule has 128 valence electrons. The van der Waals surface area contributed by atoms with Crippen molar-refractivity contribution in [3.05, 3.63) is 59.7 Å². The Balaban J connectivity index is 1.62. The van der Waals surface area contributed by atoms with Gasteiger partial charge in [-0.3, -0.25) is 10.1 Å². The summed E-state index contributed by atoms with van der Waals surface area (Å²) < 4.78 is 37.1. The molecule has 0 unspecified atom stereocenters. The molecular formula is C17H13F2N3O3. The van der Waals surface area contributed by atoms with Crippen LogP contribution < -0.4 is 10.1 Å². The van der Waals surface area contributed by atoms with Gasteiger partial charge in [0.2, 0.25) is 0 Å². The molecule has 0 bridgehead atoms. The number of amides is 1. The van der Waals surface area contributed by atoms with Crippen molar-refractivity contribution in [1.29, 1.82) is 0 Å². The Morgan fingerprint density at radius 2 is 2.04 bits per heavy atom. The fraction of sp³-hybridized carbons (Fsp3) is 0.118. The SMILES string of the molecule is Cc1cccc(OCC(=O)Nc2nnc(-c3ccc(F)cc3F)o2)c1. The molecule has 1 N–H and O–H groups in total. The topological polar surface area (TPSA) is 77.2 Å². The summed E-state index contributed by atoms with van der Waals surface area (Å²) in [6.45, 7) is 1.65. The van der Waals surface area contributed by atoms with E-state index in [1.165, 1.54) is 6.07 Å². The molecule has 0 spiro atoms. The Bertz CT molecular complexity index is 912. The third kappa shape index (κ3) is 4.17. The highest BCUT2D eigenvalue weighted by molar-refractivity contribution is 5.89. The van der Waals surface area contributed by atoms with Crippen LogP contribution in [-0.2, 0) is 4.79 Å². The van der Waals surface area contributed by atoms with Gasteiger partial charge in [0, 0.05) is 6.07 Å². The summed E-state index contributed by atoms with van der Waals surface area (Å²) in [6, 6.07) is 9.95. The molecular weight excluding hydrogens is 332 g/mol. The van der Waals surface area contributed by atoms with Gasteiger partial charge in [0.1, 0.15) is 17.4 Å². The second-order valence-electron chi connectivity index (χ2n) is 5.19. The second-order valence-corrected chi connectivity index (χ2v) is 5.19. The minimum atomic E-state index is -0.843. The van der Waals surface area contributed by atoms with Gasteiger partial charge in [-0.1, -0.05) is 17.2 Å². The van der Waals surface area contributed by atoms with Gasteiger partial charge in [-0.05, 0) is 36.8 Å². The summed E-state index contributed by atoms with van der Waals surface area (Å²) in [6.07, 6.45) is 0. The number of nitrogens with zero attached hydrogens (tertiary/aromatic N) is 2. The normalized spacial score (nSPS) is 10.5. The van der Waals surface area contributed by atoms with Crippen molar-refractivity contribution >= 4 is 11.9 Å². The zero-order valence-electron chi connectivity index (χ0n) is 13.1. The predicted molar refractivity (Wildman–Crippen MR) is 85.0 cm³/mol. The largest absolute Gasteiger partial charge is 0.484 e. The highest BCUT2D eigenvalue weighted by Crippen LogP contribution is 2.23. The van der Waals surface area contributed by atoms with Crippen LogP contribution in [0.25, 0.3) is 11.5 Å². The van der Waals surface area contributed by atoms with Crippen molar-refractivity contribution in [2.24, 2.45) is 0 Å². The van der Waals surface area contributed by atoms with Crippen molar-refractivity contribution in [2.45, 2.75) is 6.92 Å². The van der Waals surface area contributed by atoms with Gasteiger partial charge in [0.15, 0.2) is 6.61 Å². The number of nitrogens with one attached hydrogen (secondary N) is 1. The predicted octanol–water partition coefficient (Wildman–Crippen LogP) is 3.34. The molecule has 1 heterocycles. The number of ether oxygens (including phenoxy) is 1. The lowest BCUT2D eigenvalue weighted by Crippen LogP contribution is -2.20. The number of carbonyl (C=O) groups excluding carboxylic acids is 1. The molecule has 0 fully saturated rings.